The number of hydrogen-bond donors (Lipinski definition) is 2. The topological polar surface area (TPSA) is 50.4 Å². The van der Waals surface area contributed by atoms with Gasteiger partial charge in [-0.15, -0.1) is 0 Å². The Balaban J connectivity index is 1.70. The van der Waals surface area contributed by atoms with Crippen LogP contribution < -0.4 is 15.4 Å². The smallest absolute Gasteiger partial charge is 0.193 e. The number of Topliss-reactive ketones (excluding diaryl/α,β-unsaturated/α-hetero) is 1. The fourth-order valence-electron chi connectivity index (χ4n) is 3.37. The molecule has 3 aromatic carbocycles. The van der Waals surface area contributed by atoms with Crippen molar-refractivity contribution in [2.45, 2.75) is 13.0 Å². The second kappa shape index (κ2) is 8.29. The SMILES string of the molecule is CC1=C(C(=O)c2ccccc2)C(c2cccc(Oc3ccccc3)c2)NC(=S)N1. The second-order valence-corrected chi connectivity index (χ2v) is 7.16. The van der Waals surface area contributed by atoms with Crippen LogP contribution in [0.4, 0.5) is 0 Å². The van der Waals surface area contributed by atoms with E-state index in [0.717, 1.165) is 17.0 Å². The number of carbonyl (C=O) groups excluding carboxylic acids is 1. The molecule has 4 nitrogen and oxygen atoms in total. The van der Waals surface area contributed by atoms with Crippen LogP contribution in [0.1, 0.15) is 28.9 Å². The van der Waals surface area contributed by atoms with E-state index in [1.165, 1.54) is 0 Å². The van der Waals surface area contributed by atoms with E-state index in [0.29, 0.717) is 22.0 Å². The van der Waals surface area contributed by atoms with Crippen LogP contribution in [-0.4, -0.2) is 10.9 Å². The average molecular weight is 401 g/mol. The van der Waals surface area contributed by atoms with Gasteiger partial charge in [0.05, 0.1) is 6.04 Å². The van der Waals surface area contributed by atoms with Crippen molar-refractivity contribution in [1.82, 2.24) is 10.6 Å². The molecule has 0 fully saturated rings. The van der Waals surface area contributed by atoms with E-state index in [-0.39, 0.29) is 11.8 Å². The summed E-state index contributed by atoms with van der Waals surface area (Å²) in [7, 11) is 0. The Morgan fingerprint density at radius 2 is 1.55 bits per heavy atom. The zero-order valence-electron chi connectivity index (χ0n) is 15.9. The Kier molecular flexibility index (Phi) is 5.40. The Hall–Kier alpha value is -3.44. The molecule has 3 aromatic rings. The van der Waals surface area contributed by atoms with E-state index in [2.05, 4.69) is 10.6 Å². The van der Waals surface area contributed by atoms with Crippen molar-refractivity contribution >= 4 is 23.1 Å². The summed E-state index contributed by atoms with van der Waals surface area (Å²) in [5.74, 6) is 1.42. The zero-order chi connectivity index (χ0) is 20.2. The number of para-hydroxylation sites is 1. The lowest BCUT2D eigenvalue weighted by Gasteiger charge is -2.30. The summed E-state index contributed by atoms with van der Waals surface area (Å²) < 4.78 is 5.97. The molecule has 0 aliphatic carbocycles. The highest BCUT2D eigenvalue weighted by atomic mass is 32.1. The number of nitrogens with one attached hydrogen (secondary N) is 2. The van der Waals surface area contributed by atoms with Crippen molar-refractivity contribution < 1.29 is 9.53 Å². The predicted octanol–water partition coefficient (Wildman–Crippen LogP) is 5.15. The molecular formula is C24H20N2O2S. The number of allylic oxidation sites excluding steroid dienone is 1. The number of rotatable bonds is 5. The largest absolute Gasteiger partial charge is 0.457 e. The van der Waals surface area contributed by atoms with Crippen molar-refractivity contribution in [1.29, 1.82) is 0 Å². The molecule has 1 aliphatic rings. The Bertz CT molecular complexity index is 1080. The first-order valence-corrected chi connectivity index (χ1v) is 9.73. The van der Waals surface area contributed by atoms with Gasteiger partial charge in [-0.1, -0.05) is 60.7 Å². The molecule has 0 amide bonds. The first kappa shape index (κ1) is 18.9. The van der Waals surface area contributed by atoms with E-state index in [1.54, 1.807) is 0 Å². The summed E-state index contributed by atoms with van der Waals surface area (Å²) in [6.07, 6.45) is 0. The third kappa shape index (κ3) is 4.20. The molecule has 0 saturated carbocycles. The lowest BCUT2D eigenvalue weighted by Crippen LogP contribution is -2.44. The van der Waals surface area contributed by atoms with Crippen molar-refractivity contribution in [3.63, 3.8) is 0 Å². The summed E-state index contributed by atoms with van der Waals surface area (Å²) in [5, 5.41) is 6.82. The van der Waals surface area contributed by atoms with Crippen LogP contribution in [0.2, 0.25) is 0 Å². The van der Waals surface area contributed by atoms with Gasteiger partial charge < -0.3 is 15.4 Å². The fourth-order valence-corrected chi connectivity index (χ4v) is 3.64. The molecule has 4 rings (SSSR count). The van der Waals surface area contributed by atoms with E-state index < -0.39 is 0 Å². The Morgan fingerprint density at radius 1 is 0.897 bits per heavy atom. The van der Waals surface area contributed by atoms with Crippen LogP contribution in [-0.2, 0) is 0 Å². The molecule has 1 aliphatic heterocycles. The minimum absolute atomic E-state index is 0.0371. The van der Waals surface area contributed by atoms with E-state index in [4.69, 9.17) is 17.0 Å². The summed E-state index contributed by atoms with van der Waals surface area (Å²) in [6.45, 7) is 1.88. The van der Waals surface area contributed by atoms with Gasteiger partial charge in [0.2, 0.25) is 0 Å². The van der Waals surface area contributed by atoms with Crippen LogP contribution in [0, 0.1) is 0 Å². The Labute approximate surface area is 175 Å². The van der Waals surface area contributed by atoms with E-state index in [1.807, 2.05) is 91.9 Å². The van der Waals surface area contributed by atoms with Gasteiger partial charge in [0, 0.05) is 16.8 Å². The van der Waals surface area contributed by atoms with Crippen molar-refractivity contribution in [3.8, 4) is 11.5 Å². The van der Waals surface area contributed by atoms with Gasteiger partial charge in [0.25, 0.3) is 0 Å². The maximum atomic E-state index is 13.3. The van der Waals surface area contributed by atoms with Crippen LogP contribution in [0.25, 0.3) is 0 Å². The Morgan fingerprint density at radius 3 is 2.28 bits per heavy atom. The van der Waals surface area contributed by atoms with Gasteiger partial charge in [-0.25, -0.2) is 0 Å². The molecular weight excluding hydrogens is 380 g/mol. The van der Waals surface area contributed by atoms with Crippen LogP contribution >= 0.6 is 12.2 Å². The maximum Gasteiger partial charge on any atom is 0.193 e. The van der Waals surface area contributed by atoms with Crippen molar-refractivity contribution in [2.24, 2.45) is 0 Å². The van der Waals surface area contributed by atoms with Gasteiger partial charge in [0.1, 0.15) is 11.5 Å². The molecule has 0 saturated heterocycles. The van der Waals surface area contributed by atoms with E-state index in [9.17, 15) is 4.79 Å². The number of ether oxygens (including phenoxy) is 1. The van der Waals surface area contributed by atoms with Gasteiger partial charge in [-0.3, -0.25) is 4.79 Å². The zero-order valence-corrected chi connectivity index (χ0v) is 16.7. The number of thiocarbonyl (C=S) groups is 1. The molecule has 1 atom stereocenters. The molecule has 0 radical (unpaired) electrons. The highest BCUT2D eigenvalue weighted by molar-refractivity contribution is 7.80. The summed E-state index contributed by atoms with van der Waals surface area (Å²) in [5.41, 5.74) is 2.93. The lowest BCUT2D eigenvalue weighted by atomic mass is 9.89. The van der Waals surface area contributed by atoms with Crippen LogP contribution in [0.15, 0.2) is 96.2 Å². The third-order valence-corrected chi connectivity index (χ3v) is 4.94. The van der Waals surface area contributed by atoms with Gasteiger partial charge >= 0.3 is 0 Å². The average Bonchev–Trinajstić information content (AvgIpc) is 2.74. The normalized spacial score (nSPS) is 16.0. The molecule has 29 heavy (non-hydrogen) atoms. The summed E-state index contributed by atoms with van der Waals surface area (Å²) in [6, 6.07) is 26.2. The first-order chi connectivity index (χ1) is 14.1. The highest BCUT2D eigenvalue weighted by Crippen LogP contribution is 2.32. The molecule has 5 heteroatoms. The molecule has 0 bridgehead atoms. The van der Waals surface area contributed by atoms with Crippen molar-refractivity contribution in [3.05, 3.63) is 107 Å². The quantitative estimate of drug-likeness (QED) is 0.458. The minimum atomic E-state index is -0.365. The monoisotopic (exact) mass is 400 g/mol. The second-order valence-electron chi connectivity index (χ2n) is 6.75. The van der Waals surface area contributed by atoms with Crippen molar-refractivity contribution in [2.75, 3.05) is 0 Å². The lowest BCUT2D eigenvalue weighted by molar-refractivity contribution is 0.102. The minimum Gasteiger partial charge on any atom is -0.457 e. The highest BCUT2D eigenvalue weighted by Gasteiger charge is 2.30. The van der Waals surface area contributed by atoms with Gasteiger partial charge in [-0.05, 0) is 49.0 Å². The molecule has 1 unspecified atom stereocenters. The maximum absolute atomic E-state index is 13.3. The number of carbonyl (C=O) groups is 1. The molecule has 0 aromatic heterocycles. The summed E-state index contributed by atoms with van der Waals surface area (Å²) in [4.78, 5) is 13.3. The molecule has 144 valence electrons. The predicted molar refractivity (Wildman–Crippen MR) is 118 cm³/mol. The fraction of sp³-hybridized carbons (Fsp3) is 0.0833. The summed E-state index contributed by atoms with van der Waals surface area (Å²) >= 11 is 5.35. The van der Waals surface area contributed by atoms with E-state index >= 15 is 0 Å². The molecule has 1 heterocycles. The number of hydrogen-bond acceptors (Lipinski definition) is 3. The number of benzene rings is 3. The third-order valence-electron chi connectivity index (χ3n) is 4.72. The van der Waals surface area contributed by atoms with Gasteiger partial charge in [-0.2, -0.15) is 0 Å². The molecule has 2 N–H and O–H groups in total. The van der Waals surface area contributed by atoms with Crippen LogP contribution in [0.5, 0.6) is 11.5 Å². The standard InChI is InChI=1S/C24H20N2O2S/c1-16-21(23(27)17-9-4-2-5-10-17)22(26-24(29)25-16)18-11-8-14-20(15-18)28-19-12-6-3-7-13-19/h2-15,22H,1H3,(H2,25,26,29). The molecule has 0 spiro atoms. The first-order valence-electron chi connectivity index (χ1n) is 9.33. The van der Waals surface area contributed by atoms with Crippen LogP contribution in [0.3, 0.4) is 0 Å². The number of ketones is 1. The van der Waals surface area contributed by atoms with Gasteiger partial charge in [0.15, 0.2) is 10.9 Å².